The van der Waals surface area contributed by atoms with Crippen molar-refractivity contribution in [3.63, 3.8) is 0 Å². The molecule has 0 aliphatic rings. The third kappa shape index (κ3) is 1.13. The van der Waals surface area contributed by atoms with Gasteiger partial charge in [0.15, 0.2) is 0 Å². The molecule has 0 unspecified atom stereocenters. The Labute approximate surface area is 68.8 Å². The van der Waals surface area contributed by atoms with Crippen molar-refractivity contribution in [1.29, 1.82) is 0 Å². The highest BCUT2D eigenvalue weighted by Crippen LogP contribution is 1.94. The van der Waals surface area contributed by atoms with Crippen molar-refractivity contribution in [1.82, 2.24) is 9.55 Å². The molecule has 1 aromatic heterocycles. The molecule has 0 saturated carbocycles. The molecule has 0 radical (unpaired) electrons. The van der Waals surface area contributed by atoms with Crippen LogP contribution >= 0.6 is 0 Å². The van der Waals surface area contributed by atoms with Crippen molar-refractivity contribution < 1.29 is 0 Å². The van der Waals surface area contributed by atoms with Crippen LogP contribution in [-0.4, -0.2) is 9.55 Å². The quantitative estimate of drug-likeness (QED) is 0.591. The summed E-state index contributed by atoms with van der Waals surface area (Å²) in [5.74, 6) is 0. The van der Waals surface area contributed by atoms with Crippen LogP contribution in [0.1, 0.15) is 12.6 Å². The zero-order chi connectivity index (χ0) is 9.30. The molecule has 0 bridgehead atoms. The molecule has 3 N–H and O–H groups in total. The van der Waals surface area contributed by atoms with Crippen LogP contribution in [0.4, 0.5) is 5.69 Å². The lowest BCUT2D eigenvalue weighted by Gasteiger charge is -2.03. The molecule has 0 aromatic carbocycles. The normalized spacial score (nSPS) is 10.2. The standard InChI is InChI=1S/C7H11N3O2/c1-3-10-6(11)5(8)4(2)9-7(10)12/h3,8H2,1-2H3,(H,9,12). The molecule has 12 heavy (non-hydrogen) atoms. The number of H-pyrrole nitrogens is 1. The predicted octanol–water partition coefficient (Wildman–Crippen LogP) is -0.553. The van der Waals surface area contributed by atoms with E-state index in [1.807, 2.05) is 0 Å². The minimum Gasteiger partial charge on any atom is -0.393 e. The Morgan fingerprint density at radius 1 is 1.50 bits per heavy atom. The average molecular weight is 169 g/mol. The second kappa shape index (κ2) is 2.84. The van der Waals surface area contributed by atoms with Gasteiger partial charge >= 0.3 is 5.69 Å². The van der Waals surface area contributed by atoms with Gasteiger partial charge in [-0.05, 0) is 13.8 Å². The first-order valence-electron chi connectivity index (χ1n) is 3.67. The molecule has 0 atom stereocenters. The highest BCUT2D eigenvalue weighted by atomic mass is 16.2. The van der Waals surface area contributed by atoms with Crippen molar-refractivity contribution in [3.05, 3.63) is 26.5 Å². The Bertz CT molecular complexity index is 402. The monoisotopic (exact) mass is 169 g/mol. The Balaban J connectivity index is 3.64. The summed E-state index contributed by atoms with van der Waals surface area (Å²) in [5, 5.41) is 0. The van der Waals surface area contributed by atoms with Crippen molar-refractivity contribution in [2.45, 2.75) is 20.4 Å². The van der Waals surface area contributed by atoms with Gasteiger partial charge in [-0.3, -0.25) is 9.36 Å². The van der Waals surface area contributed by atoms with Crippen molar-refractivity contribution >= 4 is 5.69 Å². The fourth-order valence-corrected chi connectivity index (χ4v) is 0.980. The Morgan fingerprint density at radius 2 is 2.08 bits per heavy atom. The lowest BCUT2D eigenvalue weighted by molar-refractivity contribution is 0.671. The highest BCUT2D eigenvalue weighted by Gasteiger charge is 2.05. The lowest BCUT2D eigenvalue weighted by atomic mass is 10.4. The topological polar surface area (TPSA) is 80.9 Å². The lowest BCUT2D eigenvalue weighted by Crippen LogP contribution is -2.36. The van der Waals surface area contributed by atoms with E-state index in [9.17, 15) is 9.59 Å². The maximum absolute atomic E-state index is 11.3. The molecule has 1 aromatic rings. The number of anilines is 1. The smallest absolute Gasteiger partial charge is 0.328 e. The number of nitrogen functional groups attached to an aromatic ring is 1. The number of nitrogens with two attached hydrogens (primary N) is 1. The van der Waals surface area contributed by atoms with Crippen LogP contribution in [0, 0.1) is 6.92 Å². The fourth-order valence-electron chi connectivity index (χ4n) is 0.980. The van der Waals surface area contributed by atoms with Crippen LogP contribution in [-0.2, 0) is 6.54 Å². The number of nitrogens with zero attached hydrogens (tertiary/aromatic N) is 1. The van der Waals surface area contributed by atoms with Crippen LogP contribution in [0.25, 0.3) is 0 Å². The summed E-state index contributed by atoms with van der Waals surface area (Å²) in [6.45, 7) is 3.64. The van der Waals surface area contributed by atoms with Gasteiger partial charge in [0.05, 0.1) is 0 Å². The third-order valence-electron chi connectivity index (χ3n) is 1.74. The number of aryl methyl sites for hydroxylation is 1. The molecular formula is C7H11N3O2. The summed E-state index contributed by atoms with van der Waals surface area (Å²) in [5.41, 5.74) is 5.13. The van der Waals surface area contributed by atoms with Gasteiger partial charge in [0.25, 0.3) is 5.56 Å². The number of rotatable bonds is 1. The average Bonchev–Trinajstić information content (AvgIpc) is 2.01. The molecule has 5 heteroatoms. The minimum atomic E-state index is -0.418. The predicted molar refractivity (Wildman–Crippen MR) is 46.1 cm³/mol. The van der Waals surface area contributed by atoms with Crippen LogP contribution in [0.3, 0.4) is 0 Å². The molecular weight excluding hydrogens is 158 g/mol. The maximum Gasteiger partial charge on any atom is 0.328 e. The van der Waals surface area contributed by atoms with E-state index >= 15 is 0 Å². The molecule has 0 fully saturated rings. The maximum atomic E-state index is 11.3. The molecule has 0 aliphatic heterocycles. The second-order valence-corrected chi connectivity index (χ2v) is 2.52. The van der Waals surface area contributed by atoms with Gasteiger partial charge in [-0.15, -0.1) is 0 Å². The highest BCUT2D eigenvalue weighted by molar-refractivity contribution is 5.38. The van der Waals surface area contributed by atoms with Crippen LogP contribution in [0.15, 0.2) is 9.59 Å². The minimum absolute atomic E-state index is 0.108. The van der Waals surface area contributed by atoms with Gasteiger partial charge in [0, 0.05) is 12.2 Å². The molecule has 0 aliphatic carbocycles. The second-order valence-electron chi connectivity index (χ2n) is 2.52. The summed E-state index contributed by atoms with van der Waals surface area (Å²) >= 11 is 0. The van der Waals surface area contributed by atoms with Gasteiger partial charge in [-0.2, -0.15) is 0 Å². The van der Waals surface area contributed by atoms with Gasteiger partial charge in [-0.25, -0.2) is 4.79 Å². The summed E-state index contributed by atoms with van der Waals surface area (Å²) < 4.78 is 1.06. The first-order chi connectivity index (χ1) is 5.57. The molecule has 5 nitrogen and oxygen atoms in total. The Kier molecular flexibility index (Phi) is 2.03. The first kappa shape index (κ1) is 8.58. The van der Waals surface area contributed by atoms with E-state index in [0.717, 1.165) is 4.57 Å². The summed E-state index contributed by atoms with van der Waals surface area (Å²) in [4.78, 5) is 24.8. The van der Waals surface area contributed by atoms with Crippen molar-refractivity contribution in [3.8, 4) is 0 Å². The van der Waals surface area contributed by atoms with E-state index in [0.29, 0.717) is 12.2 Å². The van der Waals surface area contributed by atoms with Gasteiger partial charge in [0.1, 0.15) is 5.69 Å². The molecule has 0 spiro atoms. The van der Waals surface area contributed by atoms with E-state index in [2.05, 4.69) is 4.98 Å². The van der Waals surface area contributed by atoms with E-state index in [-0.39, 0.29) is 5.69 Å². The summed E-state index contributed by atoms with van der Waals surface area (Å²) in [7, 11) is 0. The number of hydrogen-bond acceptors (Lipinski definition) is 3. The van der Waals surface area contributed by atoms with Crippen LogP contribution < -0.4 is 17.0 Å². The number of aromatic amines is 1. The molecule has 0 amide bonds. The summed E-state index contributed by atoms with van der Waals surface area (Å²) in [6, 6.07) is 0. The zero-order valence-corrected chi connectivity index (χ0v) is 7.05. The van der Waals surface area contributed by atoms with Gasteiger partial charge < -0.3 is 10.7 Å². The third-order valence-corrected chi connectivity index (χ3v) is 1.74. The van der Waals surface area contributed by atoms with E-state index in [1.165, 1.54) is 0 Å². The molecule has 0 saturated heterocycles. The molecule has 66 valence electrons. The zero-order valence-electron chi connectivity index (χ0n) is 7.05. The van der Waals surface area contributed by atoms with Crippen LogP contribution in [0.2, 0.25) is 0 Å². The number of aromatic nitrogens is 2. The van der Waals surface area contributed by atoms with Gasteiger partial charge in [0.2, 0.25) is 0 Å². The number of nitrogens with one attached hydrogen (secondary N) is 1. The van der Waals surface area contributed by atoms with Crippen molar-refractivity contribution in [2.24, 2.45) is 0 Å². The van der Waals surface area contributed by atoms with Crippen molar-refractivity contribution in [2.75, 3.05) is 5.73 Å². The Morgan fingerprint density at radius 3 is 2.58 bits per heavy atom. The Hall–Kier alpha value is -1.52. The van der Waals surface area contributed by atoms with E-state index in [4.69, 9.17) is 5.73 Å². The largest absolute Gasteiger partial charge is 0.393 e. The summed E-state index contributed by atoms with van der Waals surface area (Å²) in [6.07, 6.45) is 0. The first-order valence-corrected chi connectivity index (χ1v) is 3.67. The molecule has 1 heterocycles. The van der Waals surface area contributed by atoms with Gasteiger partial charge in [-0.1, -0.05) is 0 Å². The van der Waals surface area contributed by atoms with E-state index in [1.54, 1.807) is 13.8 Å². The molecule has 1 rings (SSSR count). The number of hydrogen-bond donors (Lipinski definition) is 2. The van der Waals surface area contributed by atoms with E-state index < -0.39 is 11.2 Å². The SMILES string of the molecule is CCn1c(=O)[nH]c(C)c(N)c1=O. The fraction of sp³-hybridized carbons (Fsp3) is 0.429. The van der Waals surface area contributed by atoms with Crippen LogP contribution in [0.5, 0.6) is 0 Å².